The smallest absolute Gasteiger partial charge is 0.225 e. The Balaban J connectivity index is 1.39. The monoisotopic (exact) mass is 413 g/mol. The van der Waals surface area contributed by atoms with E-state index in [1.54, 1.807) is 6.33 Å². The van der Waals surface area contributed by atoms with E-state index in [0.717, 1.165) is 37.2 Å². The lowest BCUT2D eigenvalue weighted by Gasteiger charge is -2.34. The molecule has 1 unspecified atom stereocenters. The third-order valence-electron chi connectivity index (χ3n) is 5.90. The van der Waals surface area contributed by atoms with E-state index >= 15 is 0 Å². The standard InChI is InChI=1S/C25H27N5O/c1-19(24-15-27-18-30(24)16-21-11-9-20(14-26)10-12-21)28-25(31)22-6-5-13-29(17-22)23-7-3-2-4-8-23/h2-4,7-12,15,18-19,22H,5-6,13,16-17H2,1H3,(H,28,31)/t19-,22?/m0/s1. The Labute approximate surface area is 183 Å². The number of carbonyl (C=O) groups is 1. The summed E-state index contributed by atoms with van der Waals surface area (Å²) in [6.45, 7) is 4.38. The Bertz CT molecular complexity index is 1050. The van der Waals surface area contributed by atoms with E-state index in [9.17, 15) is 4.79 Å². The van der Waals surface area contributed by atoms with Crippen LogP contribution in [0.2, 0.25) is 0 Å². The summed E-state index contributed by atoms with van der Waals surface area (Å²) in [6, 6.07) is 19.8. The Morgan fingerprint density at radius 3 is 2.74 bits per heavy atom. The molecular formula is C25H27N5O. The first-order valence-electron chi connectivity index (χ1n) is 10.7. The molecule has 2 aromatic carbocycles. The molecule has 0 bridgehead atoms. The molecule has 0 aliphatic carbocycles. The minimum Gasteiger partial charge on any atom is -0.371 e. The number of carbonyl (C=O) groups excluding carboxylic acids is 1. The number of amides is 1. The molecule has 31 heavy (non-hydrogen) atoms. The molecule has 0 radical (unpaired) electrons. The van der Waals surface area contributed by atoms with Crippen molar-refractivity contribution in [3.8, 4) is 6.07 Å². The van der Waals surface area contributed by atoms with Gasteiger partial charge in [-0.3, -0.25) is 4.79 Å². The summed E-state index contributed by atoms with van der Waals surface area (Å²) >= 11 is 0. The number of piperidine rings is 1. The maximum Gasteiger partial charge on any atom is 0.225 e. The second-order valence-corrected chi connectivity index (χ2v) is 8.11. The maximum atomic E-state index is 13.0. The van der Waals surface area contributed by atoms with Gasteiger partial charge in [0.15, 0.2) is 0 Å². The highest BCUT2D eigenvalue weighted by molar-refractivity contribution is 5.80. The molecule has 2 atom stereocenters. The van der Waals surface area contributed by atoms with Crippen molar-refractivity contribution >= 4 is 11.6 Å². The SMILES string of the molecule is C[C@H](NC(=O)C1CCCN(c2ccccc2)C1)c1cncn1Cc1ccc(C#N)cc1. The van der Waals surface area contributed by atoms with Crippen LogP contribution in [-0.2, 0) is 11.3 Å². The second kappa shape index (κ2) is 9.48. The molecule has 4 rings (SSSR count). The van der Waals surface area contributed by atoms with Gasteiger partial charge in [0.05, 0.1) is 41.8 Å². The van der Waals surface area contributed by atoms with E-state index in [4.69, 9.17) is 5.26 Å². The molecule has 158 valence electrons. The number of rotatable bonds is 6. The van der Waals surface area contributed by atoms with Crippen LogP contribution in [0.15, 0.2) is 67.1 Å². The summed E-state index contributed by atoms with van der Waals surface area (Å²) < 4.78 is 2.05. The summed E-state index contributed by atoms with van der Waals surface area (Å²) in [5.74, 6) is 0.0746. The van der Waals surface area contributed by atoms with Crippen LogP contribution in [0.3, 0.4) is 0 Å². The van der Waals surface area contributed by atoms with Gasteiger partial charge in [-0.15, -0.1) is 0 Å². The molecule has 0 saturated carbocycles. The first-order chi connectivity index (χ1) is 15.1. The lowest BCUT2D eigenvalue weighted by molar-refractivity contribution is -0.125. The highest BCUT2D eigenvalue weighted by Crippen LogP contribution is 2.24. The van der Waals surface area contributed by atoms with Gasteiger partial charge in [0.1, 0.15) is 0 Å². The van der Waals surface area contributed by atoms with Crippen molar-refractivity contribution in [2.45, 2.75) is 32.4 Å². The predicted octanol–water partition coefficient (Wildman–Crippen LogP) is 3.90. The maximum absolute atomic E-state index is 13.0. The number of hydrogen-bond donors (Lipinski definition) is 1. The van der Waals surface area contributed by atoms with E-state index in [1.165, 1.54) is 5.69 Å². The number of nitrogens with one attached hydrogen (secondary N) is 1. The highest BCUT2D eigenvalue weighted by Gasteiger charge is 2.27. The topological polar surface area (TPSA) is 74.0 Å². The minimum absolute atomic E-state index is 0.0219. The first kappa shape index (κ1) is 20.7. The summed E-state index contributed by atoms with van der Waals surface area (Å²) in [4.78, 5) is 19.6. The van der Waals surface area contributed by atoms with Gasteiger partial charge in [-0.1, -0.05) is 30.3 Å². The molecule has 1 aromatic heterocycles. The van der Waals surface area contributed by atoms with Crippen molar-refractivity contribution in [2.24, 2.45) is 5.92 Å². The molecule has 1 amide bonds. The molecule has 2 heterocycles. The summed E-state index contributed by atoms with van der Waals surface area (Å²) in [5, 5.41) is 12.2. The fourth-order valence-corrected chi connectivity index (χ4v) is 4.17. The lowest BCUT2D eigenvalue weighted by Crippen LogP contribution is -2.43. The first-order valence-corrected chi connectivity index (χ1v) is 10.7. The van der Waals surface area contributed by atoms with Crippen LogP contribution in [0.5, 0.6) is 0 Å². The molecule has 1 aliphatic heterocycles. The van der Waals surface area contributed by atoms with Crippen LogP contribution in [-0.4, -0.2) is 28.5 Å². The van der Waals surface area contributed by atoms with Crippen molar-refractivity contribution in [2.75, 3.05) is 18.0 Å². The van der Waals surface area contributed by atoms with Crippen LogP contribution in [0, 0.1) is 17.2 Å². The number of para-hydroxylation sites is 1. The quantitative estimate of drug-likeness (QED) is 0.665. The van der Waals surface area contributed by atoms with Crippen LogP contribution in [0.25, 0.3) is 0 Å². The molecular weight excluding hydrogens is 386 g/mol. The van der Waals surface area contributed by atoms with Gasteiger partial charge in [-0.25, -0.2) is 4.98 Å². The third kappa shape index (κ3) is 4.95. The van der Waals surface area contributed by atoms with Crippen molar-refractivity contribution in [3.63, 3.8) is 0 Å². The summed E-state index contributed by atoms with van der Waals surface area (Å²) in [6.07, 6.45) is 5.52. The average Bonchev–Trinajstić information content (AvgIpc) is 3.28. The molecule has 6 heteroatoms. The molecule has 1 saturated heterocycles. The predicted molar refractivity (Wildman–Crippen MR) is 120 cm³/mol. The van der Waals surface area contributed by atoms with Gasteiger partial charge in [0.25, 0.3) is 0 Å². The Kier molecular flexibility index (Phi) is 6.32. The number of nitrogens with zero attached hydrogens (tertiary/aromatic N) is 4. The Morgan fingerprint density at radius 1 is 1.23 bits per heavy atom. The van der Waals surface area contributed by atoms with Gasteiger partial charge in [0.2, 0.25) is 5.91 Å². The van der Waals surface area contributed by atoms with Crippen LogP contribution >= 0.6 is 0 Å². The van der Waals surface area contributed by atoms with Gasteiger partial charge >= 0.3 is 0 Å². The van der Waals surface area contributed by atoms with Gasteiger partial charge < -0.3 is 14.8 Å². The van der Waals surface area contributed by atoms with Crippen molar-refractivity contribution in [3.05, 3.63) is 83.9 Å². The zero-order valence-corrected chi connectivity index (χ0v) is 17.7. The Morgan fingerprint density at radius 2 is 2.00 bits per heavy atom. The molecule has 1 aliphatic rings. The van der Waals surface area contributed by atoms with Crippen molar-refractivity contribution in [1.82, 2.24) is 14.9 Å². The van der Waals surface area contributed by atoms with Gasteiger partial charge in [0, 0.05) is 25.3 Å². The zero-order valence-electron chi connectivity index (χ0n) is 17.7. The van der Waals surface area contributed by atoms with Gasteiger partial charge in [-0.05, 0) is 49.6 Å². The fourth-order valence-electron chi connectivity index (χ4n) is 4.17. The van der Waals surface area contributed by atoms with Gasteiger partial charge in [-0.2, -0.15) is 5.26 Å². The Hall–Kier alpha value is -3.59. The van der Waals surface area contributed by atoms with E-state index in [-0.39, 0.29) is 17.9 Å². The summed E-state index contributed by atoms with van der Waals surface area (Å²) in [5.41, 5.74) is 3.87. The van der Waals surface area contributed by atoms with Crippen LogP contribution in [0.1, 0.15) is 42.6 Å². The van der Waals surface area contributed by atoms with Crippen molar-refractivity contribution in [1.29, 1.82) is 5.26 Å². The number of aromatic nitrogens is 2. The second-order valence-electron chi connectivity index (χ2n) is 8.11. The number of benzene rings is 2. The number of anilines is 1. The van der Waals surface area contributed by atoms with E-state index in [0.29, 0.717) is 12.1 Å². The van der Waals surface area contributed by atoms with E-state index < -0.39 is 0 Å². The molecule has 6 nitrogen and oxygen atoms in total. The minimum atomic E-state index is -0.138. The molecule has 1 fully saturated rings. The highest BCUT2D eigenvalue weighted by atomic mass is 16.2. The largest absolute Gasteiger partial charge is 0.371 e. The van der Waals surface area contributed by atoms with Crippen LogP contribution < -0.4 is 10.2 Å². The average molecular weight is 414 g/mol. The number of nitriles is 1. The third-order valence-corrected chi connectivity index (χ3v) is 5.90. The molecule has 1 N–H and O–H groups in total. The van der Waals surface area contributed by atoms with E-state index in [2.05, 4.69) is 33.4 Å². The van der Waals surface area contributed by atoms with Crippen molar-refractivity contribution < 1.29 is 4.79 Å². The summed E-state index contributed by atoms with van der Waals surface area (Å²) in [7, 11) is 0. The normalized spacial score (nSPS) is 17.0. The fraction of sp³-hybridized carbons (Fsp3) is 0.320. The molecule has 0 spiro atoms. The number of imidazole rings is 1. The zero-order chi connectivity index (χ0) is 21.6. The van der Waals surface area contributed by atoms with Crippen LogP contribution in [0.4, 0.5) is 5.69 Å². The number of hydrogen-bond acceptors (Lipinski definition) is 4. The lowest BCUT2D eigenvalue weighted by atomic mass is 9.96. The van der Waals surface area contributed by atoms with E-state index in [1.807, 2.05) is 60.2 Å². The molecule has 3 aromatic rings.